The molecular weight excluding hydrogens is 312 g/mol. The smallest absolute Gasteiger partial charge is 0.451 e. The highest BCUT2D eigenvalue weighted by atomic mass is 19.1. The number of carboxylic acid groups (broad SMARTS) is 1. The zero-order valence-electron chi connectivity index (χ0n) is 13.5. The van der Waals surface area contributed by atoms with Crippen LogP contribution in [0, 0.1) is 11.7 Å². The van der Waals surface area contributed by atoms with Gasteiger partial charge in [0.05, 0.1) is 5.92 Å². The molecule has 130 valence electrons. The summed E-state index contributed by atoms with van der Waals surface area (Å²) in [6.07, 6.45) is 4.20. The van der Waals surface area contributed by atoms with Crippen molar-refractivity contribution in [1.29, 1.82) is 0 Å². The first-order valence-electron chi connectivity index (χ1n) is 8.52. The summed E-state index contributed by atoms with van der Waals surface area (Å²) in [5.74, 6) is -2.09. The topological polar surface area (TPSA) is 104 Å². The first-order valence-corrected chi connectivity index (χ1v) is 8.52. The summed E-state index contributed by atoms with van der Waals surface area (Å²) < 4.78 is 14.5. The van der Waals surface area contributed by atoms with Crippen molar-refractivity contribution in [1.82, 2.24) is 0 Å². The van der Waals surface area contributed by atoms with Gasteiger partial charge in [-0.3, -0.25) is 4.79 Å². The second-order valence-electron chi connectivity index (χ2n) is 7.23. The quantitative estimate of drug-likeness (QED) is 0.593. The lowest BCUT2D eigenvalue weighted by Crippen LogP contribution is -2.44. The second-order valence-corrected chi connectivity index (χ2v) is 7.23. The molecular formula is C17H23BFNO4. The van der Waals surface area contributed by atoms with E-state index in [4.69, 9.17) is 15.8 Å². The number of carboxylic acids is 1. The van der Waals surface area contributed by atoms with Gasteiger partial charge in [-0.15, -0.1) is 0 Å². The van der Waals surface area contributed by atoms with Crippen molar-refractivity contribution in [2.45, 2.75) is 56.3 Å². The van der Waals surface area contributed by atoms with Crippen molar-refractivity contribution in [2.75, 3.05) is 0 Å². The number of aliphatic carboxylic acids is 1. The van der Waals surface area contributed by atoms with E-state index >= 15 is 0 Å². The second kappa shape index (κ2) is 6.46. The van der Waals surface area contributed by atoms with Gasteiger partial charge in [0.1, 0.15) is 5.82 Å². The molecule has 1 aromatic rings. The molecule has 0 heterocycles. The summed E-state index contributed by atoms with van der Waals surface area (Å²) in [5.41, 5.74) is 7.42. The summed E-state index contributed by atoms with van der Waals surface area (Å²) in [6.45, 7) is 0. The SMILES string of the molecule is NC1(c2cc3c(cc2F)CC(CCCB(O)O)C3C(=O)O)CCC1. The molecule has 0 bridgehead atoms. The molecule has 2 unspecified atom stereocenters. The summed E-state index contributed by atoms with van der Waals surface area (Å²) in [4.78, 5) is 11.8. The van der Waals surface area contributed by atoms with Crippen molar-refractivity contribution < 1.29 is 24.3 Å². The molecule has 0 spiro atoms. The summed E-state index contributed by atoms with van der Waals surface area (Å²) in [7, 11) is -1.38. The minimum absolute atomic E-state index is 0.152. The van der Waals surface area contributed by atoms with Crippen LogP contribution < -0.4 is 5.73 Å². The number of hydrogen-bond donors (Lipinski definition) is 4. The number of rotatable bonds is 6. The molecule has 5 nitrogen and oxygen atoms in total. The third-order valence-corrected chi connectivity index (χ3v) is 5.60. The largest absolute Gasteiger partial charge is 0.481 e. The molecule has 0 amide bonds. The van der Waals surface area contributed by atoms with Gasteiger partial charge in [0, 0.05) is 11.1 Å². The van der Waals surface area contributed by atoms with Crippen molar-refractivity contribution in [3.63, 3.8) is 0 Å². The van der Waals surface area contributed by atoms with Crippen LogP contribution in [0.1, 0.15) is 54.7 Å². The van der Waals surface area contributed by atoms with E-state index in [-0.39, 0.29) is 18.1 Å². The molecule has 24 heavy (non-hydrogen) atoms. The predicted molar refractivity (Wildman–Crippen MR) is 87.9 cm³/mol. The number of halogens is 1. The molecule has 1 aromatic carbocycles. The molecule has 2 aliphatic rings. The molecule has 1 saturated carbocycles. The van der Waals surface area contributed by atoms with Crippen molar-refractivity contribution >= 4 is 13.1 Å². The number of hydrogen-bond acceptors (Lipinski definition) is 4. The molecule has 2 aliphatic carbocycles. The fraction of sp³-hybridized carbons (Fsp3) is 0.588. The van der Waals surface area contributed by atoms with Gasteiger partial charge in [0.25, 0.3) is 0 Å². The van der Waals surface area contributed by atoms with Crippen LogP contribution in [0.3, 0.4) is 0 Å². The van der Waals surface area contributed by atoms with Gasteiger partial charge in [0.2, 0.25) is 0 Å². The third kappa shape index (κ3) is 3.08. The van der Waals surface area contributed by atoms with Gasteiger partial charge in [0.15, 0.2) is 0 Å². The van der Waals surface area contributed by atoms with Crippen LogP contribution in [-0.2, 0) is 16.8 Å². The van der Waals surface area contributed by atoms with Gasteiger partial charge in [-0.2, -0.15) is 0 Å². The highest BCUT2D eigenvalue weighted by molar-refractivity contribution is 6.40. The Morgan fingerprint density at radius 3 is 2.62 bits per heavy atom. The van der Waals surface area contributed by atoms with Crippen LogP contribution in [0.15, 0.2) is 12.1 Å². The Bertz CT molecular complexity index is 648. The Morgan fingerprint density at radius 1 is 1.38 bits per heavy atom. The summed E-state index contributed by atoms with van der Waals surface area (Å²) >= 11 is 0. The van der Waals surface area contributed by atoms with Crippen molar-refractivity contribution in [3.8, 4) is 0 Å². The lowest BCUT2D eigenvalue weighted by Gasteiger charge is -2.39. The average molecular weight is 335 g/mol. The highest BCUT2D eigenvalue weighted by Gasteiger charge is 2.42. The molecule has 0 aromatic heterocycles. The fourth-order valence-corrected chi connectivity index (χ4v) is 4.13. The van der Waals surface area contributed by atoms with E-state index in [0.717, 1.165) is 24.8 Å². The van der Waals surface area contributed by atoms with Gasteiger partial charge in [-0.25, -0.2) is 4.39 Å². The standard InChI is InChI=1S/C17H23BFNO4/c19-14-8-11-7-10(3-1-6-18(23)24)15(16(21)22)12(11)9-13(14)17(20)4-2-5-17/h8-10,15,23-24H,1-7,20H2,(H,21,22). The maximum absolute atomic E-state index is 14.5. The Labute approximate surface area is 140 Å². The Morgan fingerprint density at radius 2 is 2.08 bits per heavy atom. The van der Waals surface area contributed by atoms with Crippen LogP contribution in [0.25, 0.3) is 0 Å². The molecule has 2 atom stereocenters. The van der Waals surface area contributed by atoms with Crippen LogP contribution >= 0.6 is 0 Å². The third-order valence-electron chi connectivity index (χ3n) is 5.60. The Hall–Kier alpha value is -1.44. The molecule has 5 N–H and O–H groups in total. The lowest BCUT2D eigenvalue weighted by molar-refractivity contribution is -0.139. The molecule has 3 rings (SSSR count). The van der Waals surface area contributed by atoms with Crippen LogP contribution in [0.2, 0.25) is 6.32 Å². The maximum Gasteiger partial charge on any atom is 0.451 e. The Kier molecular flexibility index (Phi) is 4.68. The minimum atomic E-state index is -1.38. The Balaban J connectivity index is 1.87. The lowest BCUT2D eigenvalue weighted by atomic mass is 9.71. The fourth-order valence-electron chi connectivity index (χ4n) is 4.13. The summed E-state index contributed by atoms with van der Waals surface area (Å²) in [5, 5.41) is 27.5. The van der Waals surface area contributed by atoms with E-state index in [0.29, 0.717) is 30.4 Å². The number of benzene rings is 1. The van der Waals surface area contributed by atoms with Gasteiger partial charge >= 0.3 is 13.1 Å². The van der Waals surface area contributed by atoms with Gasteiger partial charge < -0.3 is 20.9 Å². The number of nitrogens with two attached hydrogens (primary N) is 1. The molecule has 1 fully saturated rings. The van der Waals surface area contributed by atoms with E-state index in [1.54, 1.807) is 6.07 Å². The van der Waals surface area contributed by atoms with E-state index < -0.39 is 24.5 Å². The molecule has 0 radical (unpaired) electrons. The van der Waals surface area contributed by atoms with Crippen molar-refractivity contribution in [2.24, 2.45) is 11.7 Å². The summed E-state index contributed by atoms with van der Waals surface area (Å²) in [6, 6.07) is 3.12. The predicted octanol–water partition coefficient (Wildman–Crippen LogP) is 1.76. The minimum Gasteiger partial charge on any atom is -0.481 e. The number of fused-ring (bicyclic) bond motifs is 1. The number of carbonyl (C=O) groups is 1. The maximum atomic E-state index is 14.5. The molecule has 7 heteroatoms. The average Bonchev–Trinajstić information content (AvgIpc) is 2.80. The van der Waals surface area contributed by atoms with Gasteiger partial charge in [-0.05, 0) is 67.6 Å². The highest BCUT2D eigenvalue weighted by Crippen LogP contribution is 2.46. The van der Waals surface area contributed by atoms with E-state index in [1.807, 2.05) is 0 Å². The molecule has 0 aliphatic heterocycles. The van der Waals surface area contributed by atoms with Gasteiger partial charge in [-0.1, -0.05) is 6.42 Å². The monoisotopic (exact) mass is 335 g/mol. The normalized spacial score (nSPS) is 24.3. The zero-order chi connectivity index (χ0) is 17.5. The van der Waals surface area contributed by atoms with E-state index in [2.05, 4.69) is 0 Å². The van der Waals surface area contributed by atoms with Crippen LogP contribution in [-0.4, -0.2) is 28.2 Å². The van der Waals surface area contributed by atoms with Crippen LogP contribution in [0.5, 0.6) is 0 Å². The first kappa shape index (κ1) is 17.4. The first-order chi connectivity index (χ1) is 11.3. The van der Waals surface area contributed by atoms with Crippen molar-refractivity contribution in [3.05, 3.63) is 34.6 Å². The zero-order valence-corrected chi connectivity index (χ0v) is 13.5. The van der Waals surface area contributed by atoms with E-state index in [9.17, 15) is 14.3 Å². The van der Waals surface area contributed by atoms with Crippen LogP contribution in [0.4, 0.5) is 4.39 Å². The molecule has 0 saturated heterocycles. The van der Waals surface area contributed by atoms with E-state index in [1.165, 1.54) is 6.07 Å².